The molecule has 0 atom stereocenters. The van der Waals surface area contributed by atoms with E-state index in [2.05, 4.69) is 15.8 Å². The van der Waals surface area contributed by atoms with Crippen LogP contribution in [0, 0.1) is 0 Å². The molecule has 0 fully saturated rings. The molecule has 9 heteroatoms. The number of nitrogens with zero attached hydrogens (tertiary/aromatic N) is 1. The van der Waals surface area contributed by atoms with Crippen LogP contribution in [0.15, 0.2) is 65.8 Å². The zero-order chi connectivity index (χ0) is 23.3. The van der Waals surface area contributed by atoms with E-state index in [1.165, 1.54) is 19.2 Å². The fourth-order valence-corrected chi connectivity index (χ4v) is 3.48. The van der Waals surface area contributed by atoms with Gasteiger partial charge in [-0.15, -0.1) is 0 Å². The lowest BCUT2D eigenvalue weighted by molar-refractivity contribution is 0.0951. The zero-order valence-electron chi connectivity index (χ0n) is 17.1. The number of nitrogens with one attached hydrogen (secondary N) is 2. The Morgan fingerprint density at radius 1 is 0.875 bits per heavy atom. The average molecular weight is 491 g/mol. The van der Waals surface area contributed by atoms with Crippen LogP contribution in [-0.2, 0) is 0 Å². The molecule has 2 N–H and O–H groups in total. The molecular formula is C23H18Cl3N3O3. The Labute approximate surface area is 200 Å². The number of ether oxygens (including phenoxy) is 1. The molecule has 0 aliphatic rings. The Kier molecular flexibility index (Phi) is 7.75. The van der Waals surface area contributed by atoms with E-state index in [4.69, 9.17) is 39.5 Å². The third-order valence-electron chi connectivity index (χ3n) is 4.45. The summed E-state index contributed by atoms with van der Waals surface area (Å²) in [6.45, 7) is 1.73. The molecule has 0 bridgehead atoms. The molecule has 3 aromatic carbocycles. The van der Waals surface area contributed by atoms with Gasteiger partial charge in [0.2, 0.25) is 0 Å². The molecule has 0 unspecified atom stereocenters. The van der Waals surface area contributed by atoms with E-state index in [0.717, 1.165) is 0 Å². The van der Waals surface area contributed by atoms with Crippen molar-refractivity contribution in [2.75, 3.05) is 12.4 Å². The average Bonchev–Trinajstić information content (AvgIpc) is 2.77. The Balaban J connectivity index is 1.74. The van der Waals surface area contributed by atoms with Gasteiger partial charge in [0.25, 0.3) is 11.8 Å². The van der Waals surface area contributed by atoms with Gasteiger partial charge >= 0.3 is 0 Å². The van der Waals surface area contributed by atoms with Gasteiger partial charge in [-0.2, -0.15) is 5.10 Å². The van der Waals surface area contributed by atoms with Crippen molar-refractivity contribution in [2.24, 2.45) is 5.10 Å². The molecule has 2 amide bonds. The van der Waals surface area contributed by atoms with Gasteiger partial charge in [0, 0.05) is 15.7 Å². The van der Waals surface area contributed by atoms with Crippen LogP contribution in [0.5, 0.6) is 5.75 Å². The minimum Gasteiger partial charge on any atom is -0.496 e. The summed E-state index contributed by atoms with van der Waals surface area (Å²) >= 11 is 18.0. The van der Waals surface area contributed by atoms with Crippen molar-refractivity contribution in [3.63, 3.8) is 0 Å². The van der Waals surface area contributed by atoms with Gasteiger partial charge in [0.05, 0.1) is 29.0 Å². The first-order valence-electron chi connectivity index (χ1n) is 9.33. The number of amides is 2. The van der Waals surface area contributed by atoms with E-state index < -0.39 is 5.91 Å². The van der Waals surface area contributed by atoms with E-state index in [1.54, 1.807) is 55.5 Å². The first-order valence-corrected chi connectivity index (χ1v) is 10.5. The number of hydrogen-bond donors (Lipinski definition) is 2. The number of rotatable bonds is 6. The monoisotopic (exact) mass is 489 g/mol. The second-order valence-electron chi connectivity index (χ2n) is 6.64. The highest BCUT2D eigenvalue weighted by atomic mass is 35.5. The molecule has 3 aromatic rings. The predicted molar refractivity (Wildman–Crippen MR) is 129 cm³/mol. The van der Waals surface area contributed by atoms with E-state index >= 15 is 0 Å². The number of carbonyl (C=O) groups excluding carboxylic acids is 2. The van der Waals surface area contributed by atoms with Crippen LogP contribution >= 0.6 is 34.8 Å². The summed E-state index contributed by atoms with van der Waals surface area (Å²) in [6.07, 6.45) is 0. The zero-order valence-corrected chi connectivity index (χ0v) is 19.3. The highest BCUT2D eigenvalue weighted by molar-refractivity contribution is 6.37. The number of carbonyl (C=O) groups is 2. The number of anilines is 1. The van der Waals surface area contributed by atoms with E-state index in [-0.39, 0.29) is 16.5 Å². The van der Waals surface area contributed by atoms with Gasteiger partial charge in [-0.25, -0.2) is 5.43 Å². The van der Waals surface area contributed by atoms with Gasteiger partial charge < -0.3 is 10.1 Å². The molecule has 0 spiro atoms. The van der Waals surface area contributed by atoms with Crippen LogP contribution in [-0.4, -0.2) is 24.6 Å². The summed E-state index contributed by atoms with van der Waals surface area (Å²) in [5, 5.41) is 8.03. The molecule has 0 saturated heterocycles. The van der Waals surface area contributed by atoms with Crippen LogP contribution in [0.4, 0.5) is 5.69 Å². The Morgan fingerprint density at radius 3 is 2.31 bits per heavy atom. The second-order valence-corrected chi connectivity index (χ2v) is 7.92. The van der Waals surface area contributed by atoms with Gasteiger partial charge in [-0.3, -0.25) is 9.59 Å². The molecule has 3 rings (SSSR count). The highest BCUT2D eigenvalue weighted by Gasteiger charge is 2.14. The van der Waals surface area contributed by atoms with Crippen molar-refractivity contribution < 1.29 is 14.3 Å². The third-order valence-corrected chi connectivity index (χ3v) is 5.23. The number of benzene rings is 3. The van der Waals surface area contributed by atoms with Crippen LogP contribution in [0.25, 0.3) is 0 Å². The van der Waals surface area contributed by atoms with E-state index in [1.807, 2.05) is 0 Å². The smallest absolute Gasteiger partial charge is 0.275 e. The lowest BCUT2D eigenvalue weighted by Gasteiger charge is -2.10. The van der Waals surface area contributed by atoms with Crippen molar-refractivity contribution in [1.29, 1.82) is 0 Å². The summed E-state index contributed by atoms with van der Waals surface area (Å²) in [4.78, 5) is 25.0. The van der Waals surface area contributed by atoms with E-state index in [9.17, 15) is 9.59 Å². The molecule has 0 aliphatic heterocycles. The fourth-order valence-electron chi connectivity index (χ4n) is 2.81. The molecule has 0 radical (unpaired) electrons. The van der Waals surface area contributed by atoms with Crippen molar-refractivity contribution in [2.45, 2.75) is 6.92 Å². The van der Waals surface area contributed by atoms with Crippen molar-refractivity contribution in [3.8, 4) is 5.75 Å². The summed E-state index contributed by atoms with van der Waals surface area (Å²) in [7, 11) is 1.46. The summed E-state index contributed by atoms with van der Waals surface area (Å²) in [5.74, 6) is -0.462. The first kappa shape index (κ1) is 23.6. The summed E-state index contributed by atoms with van der Waals surface area (Å²) < 4.78 is 5.19. The van der Waals surface area contributed by atoms with Crippen molar-refractivity contribution in [3.05, 3.63) is 92.4 Å². The maximum absolute atomic E-state index is 12.5. The van der Waals surface area contributed by atoms with Gasteiger partial charge in [-0.1, -0.05) is 46.9 Å². The number of halogens is 3. The molecule has 0 aromatic heterocycles. The predicted octanol–water partition coefficient (Wildman–Crippen LogP) is 6.06. The molecular weight excluding hydrogens is 473 g/mol. The summed E-state index contributed by atoms with van der Waals surface area (Å²) in [5.41, 5.74) is 4.82. The lowest BCUT2D eigenvalue weighted by Crippen LogP contribution is -2.20. The molecule has 32 heavy (non-hydrogen) atoms. The van der Waals surface area contributed by atoms with Crippen molar-refractivity contribution in [1.82, 2.24) is 5.43 Å². The Morgan fingerprint density at radius 2 is 1.59 bits per heavy atom. The molecule has 0 heterocycles. The highest BCUT2D eigenvalue weighted by Crippen LogP contribution is 2.23. The molecule has 0 saturated carbocycles. The normalized spacial score (nSPS) is 11.1. The Hall–Kier alpha value is -3.06. The number of methoxy groups -OCH3 is 1. The topological polar surface area (TPSA) is 79.8 Å². The minimum absolute atomic E-state index is 0.253. The van der Waals surface area contributed by atoms with Crippen LogP contribution in [0.2, 0.25) is 15.1 Å². The third kappa shape index (κ3) is 5.79. The lowest BCUT2D eigenvalue weighted by atomic mass is 10.1. The molecule has 6 nitrogen and oxygen atoms in total. The quantitative estimate of drug-likeness (QED) is 0.325. The summed E-state index contributed by atoms with van der Waals surface area (Å²) in [6, 6.07) is 16.4. The molecule has 164 valence electrons. The second kappa shape index (κ2) is 10.5. The molecule has 0 aliphatic carbocycles. The largest absolute Gasteiger partial charge is 0.496 e. The Bertz CT molecular complexity index is 1210. The number of hydrogen-bond acceptors (Lipinski definition) is 4. The fraction of sp³-hybridized carbons (Fsp3) is 0.0870. The van der Waals surface area contributed by atoms with Crippen molar-refractivity contribution >= 4 is 58.0 Å². The van der Waals surface area contributed by atoms with Crippen LogP contribution in [0.3, 0.4) is 0 Å². The SMILES string of the molecule is COc1ccc(Cl)cc1C(=O)N/N=C(\C)c1cccc(NC(=O)c2ccc(Cl)cc2Cl)c1. The van der Waals surface area contributed by atoms with Gasteiger partial charge in [0.1, 0.15) is 5.75 Å². The van der Waals surface area contributed by atoms with Crippen LogP contribution < -0.4 is 15.5 Å². The van der Waals surface area contributed by atoms with Gasteiger partial charge in [0.15, 0.2) is 0 Å². The standard InChI is InChI=1S/C23H18Cl3N3O3/c1-13(28-29-23(31)19-11-15(24)7-9-21(19)32-2)14-4-3-5-17(10-14)27-22(30)18-8-6-16(25)12-20(18)26/h3-12H,1-2H3,(H,27,30)(H,29,31)/b28-13+. The van der Waals surface area contributed by atoms with Crippen LogP contribution in [0.1, 0.15) is 33.2 Å². The van der Waals surface area contributed by atoms with E-state index in [0.29, 0.717) is 38.3 Å². The minimum atomic E-state index is -0.467. The number of hydrazone groups is 1. The van der Waals surface area contributed by atoms with Gasteiger partial charge in [-0.05, 0) is 61.0 Å². The maximum Gasteiger partial charge on any atom is 0.275 e. The first-order chi connectivity index (χ1) is 15.3. The maximum atomic E-state index is 12.5.